The quantitative estimate of drug-likeness (QED) is 0.113. The number of benzene rings is 13. The van der Waals surface area contributed by atoms with E-state index in [0.717, 1.165) is 125 Å². The highest BCUT2D eigenvalue weighted by atomic mass is 15.2. The van der Waals surface area contributed by atoms with E-state index in [4.69, 9.17) is 0 Å². The van der Waals surface area contributed by atoms with Crippen LogP contribution in [0.1, 0.15) is 253 Å². The Bertz CT molecular complexity index is 6990. The molecule has 626 valence electrons. The van der Waals surface area contributed by atoms with E-state index in [1.54, 1.807) is 12.1 Å². The molecule has 0 aliphatic carbocycles. The van der Waals surface area contributed by atoms with Crippen molar-refractivity contribution in [3.63, 3.8) is 0 Å². The van der Waals surface area contributed by atoms with Crippen molar-refractivity contribution in [1.29, 1.82) is 0 Å². The van der Waals surface area contributed by atoms with Crippen molar-refractivity contribution >= 4 is 101 Å². The molecule has 0 spiro atoms. The van der Waals surface area contributed by atoms with E-state index >= 15 is 0 Å². The Kier molecular flexibility index (Phi) is 17.2. The Labute approximate surface area is 753 Å². The van der Waals surface area contributed by atoms with Crippen molar-refractivity contribution in [3.8, 4) is 55.9 Å². The molecule has 4 nitrogen and oxygen atoms in total. The lowest BCUT2D eigenvalue weighted by Gasteiger charge is -2.46. The van der Waals surface area contributed by atoms with Gasteiger partial charge in [0.1, 0.15) is 0 Å². The Morgan fingerprint density at radius 3 is 0.935 bits per heavy atom. The number of hydrogen-bond donors (Lipinski definition) is 0. The van der Waals surface area contributed by atoms with Gasteiger partial charge in [-0.2, -0.15) is 0 Å². The lowest BCUT2D eigenvalue weighted by molar-refractivity contribution is 0.411. The second-order valence-electron chi connectivity index (χ2n) is 45.0. The van der Waals surface area contributed by atoms with E-state index in [9.17, 15) is 16.4 Å². The van der Waals surface area contributed by atoms with Crippen LogP contribution in [0.5, 0.6) is 0 Å². The molecule has 17 rings (SSSR count). The van der Waals surface area contributed by atoms with Crippen LogP contribution in [0.4, 0.5) is 34.1 Å². The fraction of sp³-hybridized carbons (Fsp3) is 0.339. The third-order valence-electron chi connectivity index (χ3n) is 24.8. The molecule has 123 heavy (non-hydrogen) atoms. The molecule has 15 aromatic rings. The van der Waals surface area contributed by atoms with Gasteiger partial charge >= 0.3 is 0 Å². The molecule has 4 heterocycles. The van der Waals surface area contributed by atoms with Gasteiger partial charge in [0, 0.05) is 72.3 Å². The topological polar surface area (TPSA) is 16.3 Å². The van der Waals surface area contributed by atoms with E-state index in [0.29, 0.717) is 44.3 Å². The summed E-state index contributed by atoms with van der Waals surface area (Å²) >= 11 is 0. The molecule has 0 amide bonds. The highest BCUT2D eigenvalue weighted by Gasteiger charge is 2.46. The Hall–Kier alpha value is -10.9. The zero-order valence-corrected chi connectivity index (χ0v) is 77.9. The van der Waals surface area contributed by atoms with Gasteiger partial charge in [-0.1, -0.05) is 345 Å². The SMILES string of the molecule is [2H]c1c([2H])c([2H])c2c(c1[2H])c1cc(C([2H])([2H])C(C)(C)C)ccc1n2-c1ccc2c(c1)N(c1cc(-c3cccc(C(C)(C)C)c3)c(CC(C)(C)C)cc1-c1cccc(C(C)(C)C)c1)c1cc(C(C)(C)C)cc3c1B2c1ccc(-n2c4ccc(C([2H])([2H])C(C)(C)C)cc4c4c([2H])c([2H])c([2H])c([2H])c42)cc1N3c1cc(-c2cccc(C(C)(C)C)c2)c(CC(C)(C)C)cc1-c1cccc(C(C)(C)C)c1. The zero-order valence-electron chi connectivity index (χ0n) is 89.9. The lowest BCUT2D eigenvalue weighted by Crippen LogP contribution is -2.61. The minimum Gasteiger partial charge on any atom is -0.311 e. The van der Waals surface area contributed by atoms with E-state index in [-0.39, 0.29) is 90.6 Å². The zero-order chi connectivity index (χ0) is 98.2. The first-order valence-electron chi connectivity index (χ1n) is 50.4. The maximum atomic E-state index is 10.2. The molecule has 0 saturated heterocycles. The third-order valence-corrected chi connectivity index (χ3v) is 24.8. The van der Waals surface area contributed by atoms with Crippen molar-refractivity contribution in [2.24, 2.45) is 21.7 Å². The van der Waals surface area contributed by atoms with Crippen LogP contribution in [-0.4, -0.2) is 15.8 Å². The average Bonchev–Trinajstić information content (AvgIpc) is 1.64. The number of para-hydroxylation sites is 2. The summed E-state index contributed by atoms with van der Waals surface area (Å²) in [5, 5.41) is 1.54. The summed E-state index contributed by atoms with van der Waals surface area (Å²) in [7, 11) is 0. The van der Waals surface area contributed by atoms with Crippen LogP contribution in [0.2, 0.25) is 0 Å². The number of hydrogen-bond acceptors (Lipinski definition) is 2. The Morgan fingerprint density at radius 2 is 0.610 bits per heavy atom. The van der Waals surface area contributed by atoms with Crippen LogP contribution < -0.4 is 26.2 Å². The number of aromatic nitrogens is 2. The van der Waals surface area contributed by atoms with Gasteiger partial charge in [0.25, 0.3) is 6.71 Å². The number of fused-ring (bicyclic) bond motifs is 10. The van der Waals surface area contributed by atoms with Gasteiger partial charge in [0.05, 0.1) is 44.4 Å². The first-order chi connectivity index (χ1) is 62.5. The first-order valence-corrected chi connectivity index (χ1v) is 44.4. The highest BCUT2D eigenvalue weighted by molar-refractivity contribution is 7.00. The summed E-state index contributed by atoms with van der Waals surface area (Å²) in [5.41, 5.74) is 24.4. The van der Waals surface area contributed by atoms with Gasteiger partial charge in [-0.15, -0.1) is 0 Å². The standard InChI is InChI=1S/C118H131BN4/c1-110(2,3)70-74-48-54-101-95(56-74)89-44-28-30-46-99(89)120(101)87-50-52-97-105(66-87)122(103-68-91(76-36-32-40-82(58-76)114(13,14)15)80(72-112(7,8)9)62-93(103)78-38-34-42-84(60-78)116(19,20)21)107-64-86(118(25,26)27)65-108-109(107)119(97)98-53-51-88(121-100-47-31-29-45-90(100)96-57-75(49-55-102(96)121)71-111(4,5)6)67-106(98)123(108)104-69-92(77-37-33-41-83(59-77)115(16,17)18)81(73-113(10,11)12)63-94(104)79-39-35-43-85(61-79)117(22,23)24/h28-69H,70-73H2,1-27H3/i28D,29D,30D,31D,44D,45D,46D,47D,70D2,71D2. The van der Waals surface area contributed by atoms with Crippen molar-refractivity contribution in [2.75, 3.05) is 9.80 Å². The molecule has 0 N–H and O–H groups in total. The molecule has 2 aliphatic rings. The monoisotopic (exact) mass is 1630 g/mol. The molecule has 0 atom stereocenters. The van der Waals surface area contributed by atoms with Crippen LogP contribution in [0.3, 0.4) is 0 Å². The fourth-order valence-electron chi connectivity index (χ4n) is 18.9. The minimum absolute atomic E-state index is 0.196. The molecule has 0 unspecified atom stereocenters. The van der Waals surface area contributed by atoms with Crippen LogP contribution in [0.25, 0.3) is 99.5 Å². The molecular weight excluding hydrogens is 1480 g/mol. The summed E-state index contributed by atoms with van der Waals surface area (Å²) in [4.78, 5) is 5.06. The van der Waals surface area contributed by atoms with Crippen LogP contribution >= 0.6 is 0 Å². The van der Waals surface area contributed by atoms with Crippen molar-refractivity contribution in [2.45, 2.75) is 240 Å². The normalized spacial score (nSPS) is 15.4. The van der Waals surface area contributed by atoms with Gasteiger partial charge in [0.2, 0.25) is 0 Å². The smallest absolute Gasteiger partial charge is 0.252 e. The maximum absolute atomic E-state index is 10.2. The van der Waals surface area contributed by atoms with Gasteiger partial charge in [0.15, 0.2) is 0 Å². The van der Waals surface area contributed by atoms with Crippen LogP contribution in [0, 0.1) is 21.7 Å². The Morgan fingerprint density at radius 1 is 0.276 bits per heavy atom. The molecule has 2 aromatic heterocycles. The predicted octanol–water partition coefficient (Wildman–Crippen LogP) is 31.5. The van der Waals surface area contributed by atoms with Gasteiger partial charge in [-0.05, 0) is 271 Å². The average molecular weight is 1630 g/mol. The summed E-state index contributed by atoms with van der Waals surface area (Å²) in [6, 6.07) is 72.7. The summed E-state index contributed by atoms with van der Waals surface area (Å²) < 4.78 is 121. The molecule has 0 fully saturated rings. The largest absolute Gasteiger partial charge is 0.311 e. The van der Waals surface area contributed by atoms with E-state index < -0.39 is 47.8 Å². The van der Waals surface area contributed by atoms with Gasteiger partial charge < -0.3 is 18.9 Å². The van der Waals surface area contributed by atoms with Gasteiger partial charge in [-0.3, -0.25) is 0 Å². The molecule has 2 aliphatic heterocycles. The van der Waals surface area contributed by atoms with Gasteiger partial charge in [-0.25, -0.2) is 0 Å². The van der Waals surface area contributed by atoms with Crippen LogP contribution in [-0.2, 0) is 52.7 Å². The third kappa shape index (κ3) is 16.3. The second kappa shape index (κ2) is 30.0. The van der Waals surface area contributed by atoms with Crippen LogP contribution in [0.15, 0.2) is 255 Å². The summed E-state index contributed by atoms with van der Waals surface area (Å²) in [5.74, 6) is 0. The Balaban J connectivity index is 1.11. The van der Waals surface area contributed by atoms with E-state index in [1.807, 2.05) is 74.9 Å². The fourth-order valence-corrected chi connectivity index (χ4v) is 18.9. The number of nitrogens with zero attached hydrogens (tertiary/aromatic N) is 4. The molecule has 0 bridgehead atoms. The molecule has 5 heteroatoms. The highest BCUT2D eigenvalue weighted by Crippen LogP contribution is 2.55. The molecule has 13 aromatic carbocycles. The molecular formula is C118H131BN4. The minimum atomic E-state index is -1.88. The second-order valence-corrected chi connectivity index (χ2v) is 45.0. The molecule has 0 saturated carbocycles. The van der Waals surface area contributed by atoms with Crippen molar-refractivity contribution < 1.29 is 16.4 Å². The lowest BCUT2D eigenvalue weighted by atomic mass is 9.33. The number of rotatable bonds is 12. The predicted molar refractivity (Wildman–Crippen MR) is 537 cm³/mol. The molecule has 0 radical (unpaired) electrons. The van der Waals surface area contributed by atoms with E-state index in [1.165, 1.54) is 22.3 Å². The van der Waals surface area contributed by atoms with Crippen molar-refractivity contribution in [1.82, 2.24) is 9.13 Å². The summed E-state index contributed by atoms with van der Waals surface area (Å²) in [6.07, 6.45) is -2.30. The maximum Gasteiger partial charge on any atom is 0.252 e. The van der Waals surface area contributed by atoms with Crippen molar-refractivity contribution in [3.05, 3.63) is 305 Å². The first kappa shape index (κ1) is 70.5. The van der Waals surface area contributed by atoms with E-state index in [2.05, 4.69) is 325 Å². The summed E-state index contributed by atoms with van der Waals surface area (Å²) in [6.45, 7) is 58.7. The number of anilines is 6.